The van der Waals surface area contributed by atoms with Gasteiger partial charge in [0.05, 0.1) is 5.75 Å². The fourth-order valence-corrected chi connectivity index (χ4v) is 1.79. The number of nitrogens with one attached hydrogen (secondary N) is 2. The monoisotopic (exact) mass is 302 g/mol. The van der Waals surface area contributed by atoms with Crippen LogP contribution in [-0.2, 0) is 9.84 Å². The van der Waals surface area contributed by atoms with E-state index in [-0.39, 0.29) is 23.5 Å². The Labute approximate surface area is 115 Å². The summed E-state index contributed by atoms with van der Waals surface area (Å²) in [6, 6.07) is 2.87. The molecule has 1 rings (SSSR count). The van der Waals surface area contributed by atoms with Gasteiger partial charge in [0.15, 0.2) is 0 Å². The lowest BCUT2D eigenvalue weighted by Gasteiger charge is -2.08. The van der Waals surface area contributed by atoms with Crippen molar-refractivity contribution < 1.29 is 28.2 Å². The average Bonchev–Trinajstić information content (AvgIpc) is 2.26. The van der Waals surface area contributed by atoms with Crippen LogP contribution in [0.15, 0.2) is 18.2 Å². The Morgan fingerprint density at radius 1 is 1.30 bits per heavy atom. The highest BCUT2D eigenvalue weighted by atomic mass is 32.2. The Morgan fingerprint density at radius 3 is 2.45 bits per heavy atom. The summed E-state index contributed by atoms with van der Waals surface area (Å²) in [5, 5.41) is 22.8. The molecule has 0 saturated heterocycles. The zero-order valence-corrected chi connectivity index (χ0v) is 11.4. The maximum absolute atomic E-state index is 11.4. The van der Waals surface area contributed by atoms with Crippen LogP contribution in [0.3, 0.4) is 0 Å². The fraction of sp³-hybridized carbons (Fsp3) is 0.273. The molecule has 0 saturated carbocycles. The molecule has 110 valence electrons. The zero-order chi connectivity index (χ0) is 15.3. The molecule has 2 amide bonds. The van der Waals surface area contributed by atoms with Crippen LogP contribution in [0.1, 0.15) is 10.4 Å². The van der Waals surface area contributed by atoms with Crippen molar-refractivity contribution in [3.05, 3.63) is 23.8 Å². The van der Waals surface area contributed by atoms with E-state index in [1.807, 2.05) is 0 Å². The van der Waals surface area contributed by atoms with Crippen molar-refractivity contribution in [3.63, 3.8) is 0 Å². The first-order valence-electron chi connectivity index (χ1n) is 5.48. The van der Waals surface area contributed by atoms with Gasteiger partial charge in [0.2, 0.25) is 0 Å². The van der Waals surface area contributed by atoms with Gasteiger partial charge in [0.25, 0.3) is 0 Å². The molecule has 20 heavy (non-hydrogen) atoms. The minimum Gasteiger partial charge on any atom is -0.507 e. The second-order valence-corrected chi connectivity index (χ2v) is 6.31. The normalized spacial score (nSPS) is 10.8. The van der Waals surface area contributed by atoms with Crippen molar-refractivity contribution in [1.82, 2.24) is 5.32 Å². The smallest absolute Gasteiger partial charge is 0.339 e. The molecular formula is C11H14N2O6S. The summed E-state index contributed by atoms with van der Waals surface area (Å²) in [6.07, 6.45) is 1.05. The molecule has 0 aliphatic rings. The number of sulfone groups is 1. The van der Waals surface area contributed by atoms with Crippen LogP contribution >= 0.6 is 0 Å². The van der Waals surface area contributed by atoms with Gasteiger partial charge in [-0.2, -0.15) is 0 Å². The first-order chi connectivity index (χ1) is 9.19. The molecule has 0 aromatic heterocycles. The van der Waals surface area contributed by atoms with Gasteiger partial charge >= 0.3 is 12.0 Å². The van der Waals surface area contributed by atoms with Crippen LogP contribution in [0.25, 0.3) is 0 Å². The molecule has 1 aromatic rings. The second kappa shape index (κ2) is 6.24. The molecule has 1 aromatic carbocycles. The van der Waals surface area contributed by atoms with Crippen molar-refractivity contribution >= 4 is 27.5 Å². The summed E-state index contributed by atoms with van der Waals surface area (Å²) in [5.74, 6) is -1.96. The molecule has 0 aliphatic carbocycles. The number of hydrogen-bond acceptors (Lipinski definition) is 5. The predicted molar refractivity (Wildman–Crippen MR) is 71.8 cm³/mol. The van der Waals surface area contributed by atoms with E-state index < -0.39 is 27.6 Å². The zero-order valence-electron chi connectivity index (χ0n) is 10.6. The molecular weight excluding hydrogens is 288 g/mol. The van der Waals surface area contributed by atoms with Crippen LogP contribution in [-0.4, -0.2) is 49.2 Å². The molecule has 0 fully saturated rings. The number of hydrogen-bond donors (Lipinski definition) is 4. The molecule has 0 heterocycles. The lowest BCUT2D eigenvalue weighted by atomic mass is 10.2. The first-order valence-corrected chi connectivity index (χ1v) is 7.54. The number of phenols is 1. The molecule has 0 radical (unpaired) electrons. The minimum atomic E-state index is -3.16. The third kappa shape index (κ3) is 5.14. The molecule has 0 aliphatic heterocycles. The number of aromatic carboxylic acids is 1. The number of carboxylic acids is 1. The number of carboxylic acid groups (broad SMARTS) is 1. The molecule has 8 nitrogen and oxygen atoms in total. The van der Waals surface area contributed by atoms with E-state index in [4.69, 9.17) is 5.11 Å². The van der Waals surface area contributed by atoms with Gasteiger partial charge in [-0.25, -0.2) is 18.0 Å². The lowest BCUT2D eigenvalue weighted by Crippen LogP contribution is -2.32. The van der Waals surface area contributed by atoms with E-state index in [0.717, 1.165) is 18.4 Å². The summed E-state index contributed by atoms with van der Waals surface area (Å²) in [7, 11) is -3.16. The Bertz CT molecular complexity index is 626. The molecule has 0 atom stereocenters. The van der Waals surface area contributed by atoms with E-state index in [2.05, 4.69) is 10.6 Å². The van der Waals surface area contributed by atoms with Gasteiger partial charge in [0, 0.05) is 24.6 Å². The molecule has 0 spiro atoms. The Hall–Kier alpha value is -2.29. The highest BCUT2D eigenvalue weighted by Crippen LogP contribution is 2.21. The van der Waals surface area contributed by atoms with Crippen molar-refractivity contribution in [2.24, 2.45) is 0 Å². The number of carbonyl (C=O) groups is 2. The minimum absolute atomic E-state index is 0.0517. The van der Waals surface area contributed by atoms with Crippen molar-refractivity contribution in [1.29, 1.82) is 0 Å². The second-order valence-electron chi connectivity index (χ2n) is 4.05. The summed E-state index contributed by atoms with van der Waals surface area (Å²) < 4.78 is 21.7. The van der Waals surface area contributed by atoms with E-state index in [9.17, 15) is 23.1 Å². The lowest BCUT2D eigenvalue weighted by molar-refractivity contribution is 0.0693. The van der Waals surface area contributed by atoms with Crippen molar-refractivity contribution in [3.8, 4) is 5.75 Å². The van der Waals surface area contributed by atoms with Gasteiger partial charge < -0.3 is 20.8 Å². The molecule has 0 bridgehead atoms. The highest BCUT2D eigenvalue weighted by Gasteiger charge is 2.11. The van der Waals surface area contributed by atoms with Crippen LogP contribution in [0.4, 0.5) is 10.5 Å². The summed E-state index contributed by atoms with van der Waals surface area (Å²) >= 11 is 0. The van der Waals surface area contributed by atoms with Gasteiger partial charge in [-0.05, 0) is 12.1 Å². The van der Waals surface area contributed by atoms with Gasteiger partial charge in [-0.3, -0.25) is 0 Å². The average molecular weight is 302 g/mol. The van der Waals surface area contributed by atoms with Gasteiger partial charge in [-0.15, -0.1) is 0 Å². The third-order valence-electron chi connectivity index (χ3n) is 2.24. The summed E-state index contributed by atoms with van der Waals surface area (Å²) in [5.41, 5.74) is -0.0996. The number of amides is 2. The first kappa shape index (κ1) is 15.8. The van der Waals surface area contributed by atoms with E-state index in [1.54, 1.807) is 0 Å². The maximum Gasteiger partial charge on any atom is 0.339 e. The molecule has 9 heteroatoms. The Morgan fingerprint density at radius 2 is 1.95 bits per heavy atom. The summed E-state index contributed by atoms with van der Waals surface area (Å²) in [6.45, 7) is -0.0517. The SMILES string of the molecule is CS(=O)(=O)CCNC(=O)Nc1ccc(C(=O)O)c(O)c1. The number of benzene rings is 1. The largest absolute Gasteiger partial charge is 0.507 e. The van der Waals surface area contributed by atoms with Crippen molar-refractivity contribution in [2.45, 2.75) is 0 Å². The Kier molecular flexibility index (Phi) is 4.92. The quantitative estimate of drug-likeness (QED) is 0.616. The molecule has 0 unspecified atom stereocenters. The van der Waals surface area contributed by atoms with Crippen LogP contribution < -0.4 is 10.6 Å². The predicted octanol–water partition coefficient (Wildman–Crippen LogP) is 0.256. The number of carbonyl (C=O) groups excluding carboxylic acids is 1. The number of aromatic hydroxyl groups is 1. The van der Waals surface area contributed by atoms with Crippen molar-refractivity contribution in [2.75, 3.05) is 23.9 Å². The Balaban J connectivity index is 2.59. The fourth-order valence-electron chi connectivity index (χ4n) is 1.32. The van der Waals surface area contributed by atoms with Crippen LogP contribution in [0.2, 0.25) is 0 Å². The van der Waals surface area contributed by atoms with E-state index in [1.165, 1.54) is 6.07 Å². The van der Waals surface area contributed by atoms with Crippen LogP contribution in [0.5, 0.6) is 5.75 Å². The van der Waals surface area contributed by atoms with Crippen LogP contribution in [0, 0.1) is 0 Å². The topological polar surface area (TPSA) is 133 Å². The van der Waals surface area contributed by atoms with E-state index >= 15 is 0 Å². The summed E-state index contributed by atoms with van der Waals surface area (Å²) in [4.78, 5) is 22.1. The molecule has 4 N–H and O–H groups in total. The standard InChI is InChI=1S/C11H14N2O6S/c1-20(18,19)5-4-12-11(17)13-7-2-3-8(10(15)16)9(14)6-7/h2-3,6,14H,4-5H2,1H3,(H,15,16)(H2,12,13,17). The highest BCUT2D eigenvalue weighted by molar-refractivity contribution is 7.90. The number of urea groups is 1. The third-order valence-corrected chi connectivity index (χ3v) is 3.19. The van der Waals surface area contributed by atoms with E-state index in [0.29, 0.717) is 0 Å². The van der Waals surface area contributed by atoms with Gasteiger partial charge in [-0.1, -0.05) is 0 Å². The number of anilines is 1. The van der Waals surface area contributed by atoms with Gasteiger partial charge in [0.1, 0.15) is 21.2 Å². The number of rotatable bonds is 5. The maximum atomic E-state index is 11.4.